The Hall–Kier alpha value is -2.63. The third-order valence-electron chi connectivity index (χ3n) is 6.26. The molecular formula is C24H27ClN4O. The summed E-state index contributed by atoms with van der Waals surface area (Å²) in [6.07, 6.45) is 4.00. The van der Waals surface area contributed by atoms with E-state index in [1.54, 1.807) is 6.20 Å². The molecule has 156 valence electrons. The van der Waals surface area contributed by atoms with Crippen molar-refractivity contribution in [3.63, 3.8) is 0 Å². The van der Waals surface area contributed by atoms with Crippen molar-refractivity contribution in [2.24, 2.45) is 11.7 Å². The number of halogens is 1. The van der Waals surface area contributed by atoms with Crippen LogP contribution < -0.4 is 5.73 Å². The molecular weight excluding hydrogens is 396 g/mol. The second kappa shape index (κ2) is 8.62. The van der Waals surface area contributed by atoms with Crippen LogP contribution in [0.4, 0.5) is 0 Å². The molecule has 0 bridgehead atoms. The van der Waals surface area contributed by atoms with Gasteiger partial charge in [-0.3, -0.25) is 4.79 Å². The van der Waals surface area contributed by atoms with Crippen LogP contribution in [0.3, 0.4) is 0 Å². The van der Waals surface area contributed by atoms with Crippen LogP contribution in [0.5, 0.6) is 0 Å². The number of amides is 1. The summed E-state index contributed by atoms with van der Waals surface area (Å²) in [6.45, 7) is 2.00. The first kappa shape index (κ1) is 20.6. The highest BCUT2D eigenvalue weighted by molar-refractivity contribution is 5.96. The Kier molecular flexibility index (Phi) is 5.93. The number of benzene rings is 2. The first-order valence-electron chi connectivity index (χ1n) is 10.4. The van der Waals surface area contributed by atoms with Gasteiger partial charge in [-0.25, -0.2) is 4.68 Å². The van der Waals surface area contributed by atoms with E-state index in [1.807, 2.05) is 46.0 Å². The van der Waals surface area contributed by atoms with Gasteiger partial charge in [0.25, 0.3) is 5.91 Å². The molecule has 3 aromatic rings. The van der Waals surface area contributed by atoms with Crippen LogP contribution >= 0.6 is 12.4 Å². The molecule has 1 aliphatic carbocycles. The van der Waals surface area contributed by atoms with Gasteiger partial charge in [0, 0.05) is 24.9 Å². The number of para-hydroxylation sites is 1. The Balaban J connectivity index is 0.00000218. The minimum Gasteiger partial charge on any atom is -0.338 e. The Bertz CT molecular complexity index is 1000. The van der Waals surface area contributed by atoms with Crippen LogP contribution in [-0.2, 0) is 0 Å². The molecule has 2 fully saturated rings. The molecule has 2 atom stereocenters. The summed E-state index contributed by atoms with van der Waals surface area (Å²) < 4.78 is 1.95. The number of aromatic nitrogens is 2. The molecule has 5 rings (SSSR count). The maximum atomic E-state index is 13.5. The van der Waals surface area contributed by atoms with Crippen LogP contribution in [0.1, 0.15) is 46.3 Å². The fourth-order valence-corrected chi connectivity index (χ4v) is 4.57. The van der Waals surface area contributed by atoms with Crippen molar-refractivity contribution in [1.29, 1.82) is 0 Å². The van der Waals surface area contributed by atoms with Crippen molar-refractivity contribution < 1.29 is 4.79 Å². The molecule has 6 heteroatoms. The normalized spacial score (nSPS) is 20.8. The Labute approximate surface area is 183 Å². The van der Waals surface area contributed by atoms with E-state index in [0.29, 0.717) is 31.5 Å². The van der Waals surface area contributed by atoms with Gasteiger partial charge < -0.3 is 10.6 Å². The average molecular weight is 423 g/mol. The van der Waals surface area contributed by atoms with Crippen LogP contribution in [0.2, 0.25) is 0 Å². The zero-order valence-electron chi connectivity index (χ0n) is 16.9. The molecule has 30 heavy (non-hydrogen) atoms. The van der Waals surface area contributed by atoms with Gasteiger partial charge in [0.2, 0.25) is 0 Å². The highest BCUT2D eigenvalue weighted by atomic mass is 35.5. The smallest absolute Gasteiger partial charge is 0.257 e. The molecule has 0 radical (unpaired) electrons. The van der Waals surface area contributed by atoms with E-state index in [0.717, 1.165) is 29.8 Å². The van der Waals surface area contributed by atoms with Gasteiger partial charge >= 0.3 is 0 Å². The van der Waals surface area contributed by atoms with E-state index >= 15 is 0 Å². The molecule has 0 spiro atoms. The molecule has 2 aliphatic rings. The largest absolute Gasteiger partial charge is 0.338 e. The van der Waals surface area contributed by atoms with Gasteiger partial charge in [-0.1, -0.05) is 48.5 Å². The highest BCUT2D eigenvalue weighted by Crippen LogP contribution is 2.43. The first-order valence-corrected chi connectivity index (χ1v) is 10.4. The van der Waals surface area contributed by atoms with Crippen molar-refractivity contribution in [2.75, 3.05) is 19.6 Å². The summed E-state index contributed by atoms with van der Waals surface area (Å²) in [6, 6.07) is 20.5. The summed E-state index contributed by atoms with van der Waals surface area (Å²) in [5.41, 5.74) is 10.2. The number of nitrogens with two attached hydrogens (primary N) is 1. The quantitative estimate of drug-likeness (QED) is 0.676. The number of nitrogens with zero attached hydrogens (tertiary/aromatic N) is 3. The van der Waals surface area contributed by atoms with Gasteiger partial charge in [0.05, 0.1) is 23.1 Å². The lowest BCUT2D eigenvalue weighted by atomic mass is 9.89. The number of carbonyl (C=O) groups is 1. The van der Waals surface area contributed by atoms with Gasteiger partial charge in [0.1, 0.15) is 0 Å². The monoisotopic (exact) mass is 422 g/mol. The topological polar surface area (TPSA) is 64.2 Å². The summed E-state index contributed by atoms with van der Waals surface area (Å²) in [5, 5.41) is 4.60. The van der Waals surface area contributed by atoms with Crippen LogP contribution in [0.25, 0.3) is 5.69 Å². The molecule has 1 saturated heterocycles. The summed E-state index contributed by atoms with van der Waals surface area (Å²) in [5.74, 6) is 1.09. The zero-order valence-corrected chi connectivity index (χ0v) is 17.7. The van der Waals surface area contributed by atoms with Crippen molar-refractivity contribution in [3.05, 3.63) is 83.7 Å². The standard InChI is InChI=1S/C24H26N4O.ClH/c25-13-19-15-27(16-22(19)17-7-3-1-4-8-17)24(29)21-14-26-28(23(21)18-11-12-18)20-9-5-2-6-10-20;/h1-10,14,18-19,22H,11-13,15-16,25H2;1H/t19-,22+;/m1./s1. The molecule has 1 aromatic heterocycles. The number of carbonyl (C=O) groups excluding carboxylic acids is 1. The van der Waals surface area contributed by atoms with E-state index in [-0.39, 0.29) is 24.2 Å². The SMILES string of the molecule is Cl.NC[C@@H]1CN(C(=O)c2cnn(-c3ccccc3)c2C2CC2)C[C@H]1c1ccccc1. The predicted octanol–water partition coefficient (Wildman–Crippen LogP) is 3.99. The van der Waals surface area contributed by atoms with E-state index in [9.17, 15) is 4.79 Å². The molecule has 0 unspecified atom stereocenters. The molecule has 2 heterocycles. The number of rotatable bonds is 5. The Morgan fingerprint density at radius 3 is 2.30 bits per heavy atom. The number of hydrogen-bond donors (Lipinski definition) is 1. The second-order valence-corrected chi connectivity index (χ2v) is 8.19. The lowest BCUT2D eigenvalue weighted by Gasteiger charge is -2.17. The van der Waals surface area contributed by atoms with Crippen LogP contribution in [0.15, 0.2) is 66.9 Å². The summed E-state index contributed by atoms with van der Waals surface area (Å²) in [4.78, 5) is 15.5. The van der Waals surface area contributed by atoms with Crippen molar-refractivity contribution in [3.8, 4) is 5.69 Å². The maximum absolute atomic E-state index is 13.5. The fourth-order valence-electron chi connectivity index (χ4n) is 4.57. The van der Waals surface area contributed by atoms with Gasteiger partial charge in [-0.2, -0.15) is 5.10 Å². The maximum Gasteiger partial charge on any atom is 0.257 e. The number of hydrogen-bond acceptors (Lipinski definition) is 3. The molecule has 5 nitrogen and oxygen atoms in total. The van der Waals surface area contributed by atoms with Gasteiger partial charge in [-0.05, 0) is 43.0 Å². The highest BCUT2D eigenvalue weighted by Gasteiger charge is 2.39. The van der Waals surface area contributed by atoms with Crippen LogP contribution in [0, 0.1) is 5.92 Å². The minimum atomic E-state index is 0. The molecule has 2 N–H and O–H groups in total. The summed E-state index contributed by atoms with van der Waals surface area (Å²) >= 11 is 0. The zero-order chi connectivity index (χ0) is 19.8. The number of likely N-dealkylation sites (tertiary alicyclic amines) is 1. The van der Waals surface area contributed by atoms with Gasteiger partial charge in [0.15, 0.2) is 0 Å². The Morgan fingerprint density at radius 1 is 1.00 bits per heavy atom. The van der Waals surface area contributed by atoms with E-state index < -0.39 is 0 Å². The average Bonchev–Trinajstić information content (AvgIpc) is 3.37. The van der Waals surface area contributed by atoms with E-state index in [4.69, 9.17) is 5.73 Å². The van der Waals surface area contributed by atoms with E-state index in [2.05, 4.69) is 29.4 Å². The predicted molar refractivity (Wildman–Crippen MR) is 120 cm³/mol. The lowest BCUT2D eigenvalue weighted by Crippen LogP contribution is -2.30. The van der Waals surface area contributed by atoms with Crippen molar-refractivity contribution in [2.45, 2.75) is 24.7 Å². The lowest BCUT2D eigenvalue weighted by molar-refractivity contribution is 0.0785. The minimum absolute atomic E-state index is 0. The van der Waals surface area contributed by atoms with Crippen molar-refractivity contribution in [1.82, 2.24) is 14.7 Å². The second-order valence-electron chi connectivity index (χ2n) is 8.19. The Morgan fingerprint density at radius 2 is 1.67 bits per heavy atom. The van der Waals surface area contributed by atoms with E-state index in [1.165, 1.54) is 5.56 Å². The van der Waals surface area contributed by atoms with Crippen LogP contribution in [-0.4, -0.2) is 40.2 Å². The molecule has 1 aliphatic heterocycles. The fraction of sp³-hybridized carbons (Fsp3) is 0.333. The molecule has 1 saturated carbocycles. The third kappa shape index (κ3) is 3.75. The van der Waals surface area contributed by atoms with Crippen molar-refractivity contribution >= 4 is 18.3 Å². The molecule has 1 amide bonds. The summed E-state index contributed by atoms with van der Waals surface area (Å²) in [7, 11) is 0. The third-order valence-corrected chi connectivity index (χ3v) is 6.26. The molecule has 2 aromatic carbocycles. The first-order chi connectivity index (χ1) is 14.3. The van der Waals surface area contributed by atoms with Gasteiger partial charge in [-0.15, -0.1) is 12.4 Å².